The van der Waals surface area contributed by atoms with Crippen molar-refractivity contribution in [3.63, 3.8) is 0 Å². The first kappa shape index (κ1) is 21.9. The van der Waals surface area contributed by atoms with E-state index in [1.807, 2.05) is 55.5 Å². The zero-order chi connectivity index (χ0) is 22.5. The fraction of sp³-hybridized carbons (Fsp3) is 0.200. The van der Waals surface area contributed by atoms with Crippen LogP contribution in [0.1, 0.15) is 13.3 Å². The van der Waals surface area contributed by atoms with Crippen LogP contribution in [0.5, 0.6) is 17.2 Å². The Labute approximate surface area is 195 Å². The standard InChI is InChI=1S/C25H23BrN2O4/c1-2-31-21-13-7-20(8-14-21)28-16-17(15-24(28)29)25(30)27-19-5-11-23(12-6-19)32-22-9-3-18(26)4-10-22/h3-14,17H,2,15-16H2,1H3,(H,27,30)/t17-/m1/s1. The Hall–Kier alpha value is -3.32. The smallest absolute Gasteiger partial charge is 0.229 e. The highest BCUT2D eigenvalue weighted by molar-refractivity contribution is 9.10. The zero-order valence-corrected chi connectivity index (χ0v) is 19.2. The molecule has 0 saturated carbocycles. The molecule has 4 rings (SSSR count). The van der Waals surface area contributed by atoms with Gasteiger partial charge in [0.2, 0.25) is 11.8 Å². The van der Waals surface area contributed by atoms with Gasteiger partial charge in [-0.05, 0) is 79.7 Å². The number of carbonyl (C=O) groups excluding carboxylic acids is 2. The molecule has 1 atom stereocenters. The number of benzene rings is 3. The molecule has 1 saturated heterocycles. The van der Waals surface area contributed by atoms with Gasteiger partial charge >= 0.3 is 0 Å². The van der Waals surface area contributed by atoms with Crippen molar-refractivity contribution in [2.45, 2.75) is 13.3 Å². The molecule has 0 unspecified atom stereocenters. The Morgan fingerprint density at radius 3 is 2.19 bits per heavy atom. The molecule has 164 valence electrons. The zero-order valence-electron chi connectivity index (χ0n) is 17.6. The number of halogens is 1. The second-order valence-electron chi connectivity index (χ2n) is 7.40. The summed E-state index contributed by atoms with van der Waals surface area (Å²) < 4.78 is 12.2. The van der Waals surface area contributed by atoms with Crippen LogP contribution in [0, 0.1) is 5.92 Å². The maximum atomic E-state index is 12.7. The lowest BCUT2D eigenvalue weighted by Gasteiger charge is -2.17. The van der Waals surface area contributed by atoms with Gasteiger partial charge in [0.05, 0.1) is 12.5 Å². The van der Waals surface area contributed by atoms with Crippen LogP contribution in [0.2, 0.25) is 0 Å². The summed E-state index contributed by atoms with van der Waals surface area (Å²) in [6.07, 6.45) is 0.184. The maximum Gasteiger partial charge on any atom is 0.229 e. The van der Waals surface area contributed by atoms with Gasteiger partial charge in [-0.3, -0.25) is 9.59 Å². The van der Waals surface area contributed by atoms with Crippen molar-refractivity contribution >= 4 is 39.1 Å². The summed E-state index contributed by atoms with van der Waals surface area (Å²) in [5, 5.41) is 2.90. The van der Waals surface area contributed by atoms with E-state index in [1.165, 1.54) is 0 Å². The van der Waals surface area contributed by atoms with Crippen LogP contribution in [0.25, 0.3) is 0 Å². The Balaban J connectivity index is 1.34. The van der Waals surface area contributed by atoms with Crippen LogP contribution in [0.4, 0.5) is 11.4 Å². The van der Waals surface area contributed by atoms with Crippen molar-refractivity contribution in [2.24, 2.45) is 5.92 Å². The highest BCUT2D eigenvalue weighted by Gasteiger charge is 2.35. The van der Waals surface area contributed by atoms with Crippen LogP contribution < -0.4 is 19.7 Å². The molecule has 1 aliphatic rings. The third-order valence-corrected chi connectivity index (χ3v) is 5.66. The molecule has 1 aliphatic heterocycles. The minimum atomic E-state index is -0.409. The molecular formula is C25H23BrN2O4. The lowest BCUT2D eigenvalue weighted by molar-refractivity contribution is -0.122. The summed E-state index contributed by atoms with van der Waals surface area (Å²) >= 11 is 3.40. The molecule has 1 heterocycles. The Morgan fingerprint density at radius 2 is 1.56 bits per heavy atom. The van der Waals surface area contributed by atoms with E-state index in [0.717, 1.165) is 21.7 Å². The highest BCUT2D eigenvalue weighted by atomic mass is 79.9. The fourth-order valence-electron chi connectivity index (χ4n) is 3.51. The molecule has 2 amide bonds. The molecule has 3 aromatic rings. The lowest BCUT2D eigenvalue weighted by atomic mass is 10.1. The quantitative estimate of drug-likeness (QED) is 0.461. The fourth-order valence-corrected chi connectivity index (χ4v) is 3.78. The van der Waals surface area contributed by atoms with E-state index in [4.69, 9.17) is 9.47 Å². The molecule has 0 spiro atoms. The molecule has 0 bridgehead atoms. The van der Waals surface area contributed by atoms with Gasteiger partial charge < -0.3 is 19.7 Å². The monoisotopic (exact) mass is 494 g/mol. The number of hydrogen-bond donors (Lipinski definition) is 1. The van der Waals surface area contributed by atoms with Gasteiger partial charge in [0.25, 0.3) is 0 Å². The summed E-state index contributed by atoms with van der Waals surface area (Å²) in [6.45, 7) is 2.86. The van der Waals surface area contributed by atoms with Crippen LogP contribution in [0.15, 0.2) is 77.3 Å². The van der Waals surface area contributed by atoms with Crippen molar-refractivity contribution in [1.82, 2.24) is 0 Å². The maximum absolute atomic E-state index is 12.7. The Bertz CT molecular complexity index is 1080. The first-order valence-electron chi connectivity index (χ1n) is 10.4. The molecular weight excluding hydrogens is 472 g/mol. The molecule has 0 aliphatic carbocycles. The van der Waals surface area contributed by atoms with Gasteiger partial charge in [-0.1, -0.05) is 15.9 Å². The number of anilines is 2. The van der Waals surface area contributed by atoms with Gasteiger partial charge in [-0.25, -0.2) is 0 Å². The van der Waals surface area contributed by atoms with Gasteiger partial charge in [-0.2, -0.15) is 0 Å². The number of nitrogens with zero attached hydrogens (tertiary/aromatic N) is 1. The molecule has 3 aromatic carbocycles. The van der Waals surface area contributed by atoms with Gasteiger partial charge in [0.15, 0.2) is 0 Å². The minimum absolute atomic E-state index is 0.0624. The molecule has 0 radical (unpaired) electrons. The lowest BCUT2D eigenvalue weighted by Crippen LogP contribution is -2.28. The largest absolute Gasteiger partial charge is 0.494 e. The molecule has 1 N–H and O–H groups in total. The SMILES string of the molecule is CCOc1ccc(N2C[C@H](C(=O)Nc3ccc(Oc4ccc(Br)cc4)cc3)CC2=O)cc1. The van der Waals surface area contributed by atoms with Crippen molar-refractivity contribution in [3.05, 3.63) is 77.3 Å². The summed E-state index contributed by atoms with van der Waals surface area (Å²) in [7, 11) is 0. The van der Waals surface area contributed by atoms with Gasteiger partial charge in [-0.15, -0.1) is 0 Å². The van der Waals surface area contributed by atoms with Crippen LogP contribution in [-0.2, 0) is 9.59 Å². The third kappa shape index (κ3) is 5.29. The molecule has 32 heavy (non-hydrogen) atoms. The third-order valence-electron chi connectivity index (χ3n) is 5.13. The number of ether oxygens (including phenoxy) is 2. The average molecular weight is 495 g/mol. The summed E-state index contributed by atoms with van der Waals surface area (Å²) in [6, 6.07) is 22.1. The summed E-state index contributed by atoms with van der Waals surface area (Å²) in [4.78, 5) is 26.9. The van der Waals surface area contributed by atoms with E-state index in [1.54, 1.807) is 29.2 Å². The number of carbonyl (C=O) groups is 2. The first-order valence-corrected chi connectivity index (χ1v) is 11.2. The topological polar surface area (TPSA) is 67.9 Å². The van der Waals surface area contributed by atoms with Crippen LogP contribution >= 0.6 is 15.9 Å². The Kier molecular flexibility index (Phi) is 6.75. The molecule has 1 fully saturated rings. The predicted molar refractivity (Wildman–Crippen MR) is 127 cm³/mol. The first-order chi connectivity index (χ1) is 15.5. The van der Waals surface area contributed by atoms with E-state index >= 15 is 0 Å². The number of rotatable bonds is 7. The minimum Gasteiger partial charge on any atom is -0.494 e. The Morgan fingerprint density at radius 1 is 0.969 bits per heavy atom. The normalized spacial score (nSPS) is 15.5. The van der Waals surface area contributed by atoms with Crippen LogP contribution in [-0.4, -0.2) is 25.0 Å². The number of nitrogens with one attached hydrogen (secondary N) is 1. The highest BCUT2D eigenvalue weighted by Crippen LogP contribution is 2.28. The van der Waals surface area contributed by atoms with E-state index in [0.29, 0.717) is 24.6 Å². The van der Waals surface area contributed by atoms with E-state index in [2.05, 4.69) is 21.2 Å². The predicted octanol–water partition coefficient (Wildman–Crippen LogP) is 5.63. The summed E-state index contributed by atoms with van der Waals surface area (Å²) in [5.74, 6) is 1.50. The molecule has 0 aromatic heterocycles. The number of amides is 2. The molecule has 6 nitrogen and oxygen atoms in total. The second kappa shape index (κ2) is 9.87. The van der Waals surface area contributed by atoms with E-state index in [-0.39, 0.29) is 18.2 Å². The number of hydrogen-bond acceptors (Lipinski definition) is 4. The van der Waals surface area contributed by atoms with E-state index in [9.17, 15) is 9.59 Å². The molecule has 7 heteroatoms. The van der Waals surface area contributed by atoms with Crippen molar-refractivity contribution < 1.29 is 19.1 Å². The summed E-state index contributed by atoms with van der Waals surface area (Å²) in [5.41, 5.74) is 1.42. The van der Waals surface area contributed by atoms with Crippen molar-refractivity contribution in [2.75, 3.05) is 23.4 Å². The van der Waals surface area contributed by atoms with Crippen LogP contribution in [0.3, 0.4) is 0 Å². The van der Waals surface area contributed by atoms with Gasteiger partial charge in [0.1, 0.15) is 17.2 Å². The van der Waals surface area contributed by atoms with E-state index < -0.39 is 5.92 Å². The second-order valence-corrected chi connectivity index (χ2v) is 8.32. The van der Waals surface area contributed by atoms with Crippen molar-refractivity contribution in [1.29, 1.82) is 0 Å². The van der Waals surface area contributed by atoms with Gasteiger partial charge in [0, 0.05) is 28.8 Å². The van der Waals surface area contributed by atoms with Crippen molar-refractivity contribution in [3.8, 4) is 17.2 Å². The average Bonchev–Trinajstić information content (AvgIpc) is 3.19.